The Balaban J connectivity index is 0. The van der Waals surface area contributed by atoms with E-state index in [0.717, 1.165) is 31.8 Å². The third kappa shape index (κ3) is 9.62. The van der Waals surface area contributed by atoms with Crippen LogP contribution >= 0.6 is 24.0 Å². The minimum atomic E-state index is -3.08. The van der Waals surface area contributed by atoms with Gasteiger partial charge >= 0.3 is 0 Å². The van der Waals surface area contributed by atoms with Crippen molar-refractivity contribution in [3.05, 3.63) is 12.7 Å². The van der Waals surface area contributed by atoms with Gasteiger partial charge in [0.15, 0.2) is 5.96 Å². The van der Waals surface area contributed by atoms with Gasteiger partial charge in [0.1, 0.15) is 0 Å². The maximum atomic E-state index is 11.6. The number of nitrogens with one attached hydrogen (secondary N) is 1. The molecule has 6 nitrogen and oxygen atoms in total. The quantitative estimate of drug-likeness (QED) is 0.183. The molecule has 0 aromatic rings. The molecular formula is C14H31IN4O2S. The number of allylic oxidation sites excluding steroid dienone is 1. The van der Waals surface area contributed by atoms with E-state index < -0.39 is 10.0 Å². The monoisotopic (exact) mass is 446 g/mol. The molecule has 0 aliphatic rings. The van der Waals surface area contributed by atoms with Crippen molar-refractivity contribution >= 4 is 40.0 Å². The summed E-state index contributed by atoms with van der Waals surface area (Å²) in [5.74, 6) is 0.977. The van der Waals surface area contributed by atoms with E-state index in [9.17, 15) is 8.42 Å². The topological polar surface area (TPSA) is 65.0 Å². The van der Waals surface area contributed by atoms with Gasteiger partial charge in [-0.3, -0.25) is 4.99 Å². The summed E-state index contributed by atoms with van der Waals surface area (Å²) in [7, 11) is 2.28. The molecule has 0 aliphatic carbocycles. The van der Waals surface area contributed by atoms with Gasteiger partial charge in [0.2, 0.25) is 10.0 Å². The zero-order valence-corrected chi connectivity index (χ0v) is 17.4. The van der Waals surface area contributed by atoms with E-state index in [2.05, 4.69) is 21.8 Å². The zero-order valence-electron chi connectivity index (χ0n) is 14.2. The average Bonchev–Trinajstić information content (AvgIpc) is 2.47. The first kappa shape index (κ1) is 23.9. The molecule has 1 N–H and O–H groups in total. The lowest BCUT2D eigenvalue weighted by Gasteiger charge is -2.22. The summed E-state index contributed by atoms with van der Waals surface area (Å²) in [5, 5.41) is 3.25. The molecule has 0 aliphatic heterocycles. The number of hydrogen-bond acceptors (Lipinski definition) is 3. The smallest absolute Gasteiger partial charge is 0.213 e. The Bertz CT molecular complexity index is 427. The average molecular weight is 446 g/mol. The third-order valence-electron chi connectivity index (χ3n) is 3.25. The number of sulfonamides is 1. The molecular weight excluding hydrogens is 415 g/mol. The van der Waals surface area contributed by atoms with Gasteiger partial charge in [-0.15, -0.1) is 30.6 Å². The van der Waals surface area contributed by atoms with Crippen molar-refractivity contribution in [1.29, 1.82) is 0 Å². The van der Waals surface area contributed by atoms with Crippen molar-refractivity contribution in [3.8, 4) is 0 Å². The fourth-order valence-corrected chi connectivity index (χ4v) is 2.67. The Morgan fingerprint density at radius 2 is 1.91 bits per heavy atom. The summed E-state index contributed by atoms with van der Waals surface area (Å²) in [6, 6.07) is 0. The van der Waals surface area contributed by atoms with Crippen molar-refractivity contribution < 1.29 is 8.42 Å². The summed E-state index contributed by atoms with van der Waals surface area (Å²) < 4.78 is 24.6. The van der Waals surface area contributed by atoms with E-state index in [1.807, 2.05) is 13.1 Å². The molecule has 0 heterocycles. The van der Waals surface area contributed by atoms with Gasteiger partial charge in [0.05, 0.1) is 5.75 Å². The van der Waals surface area contributed by atoms with Crippen LogP contribution in [-0.2, 0) is 10.0 Å². The molecule has 0 bridgehead atoms. The Kier molecular flexibility index (Phi) is 14.3. The number of hydrogen-bond donors (Lipinski definition) is 1. The van der Waals surface area contributed by atoms with E-state index in [1.165, 1.54) is 4.31 Å². The number of halogens is 1. The van der Waals surface area contributed by atoms with Crippen LogP contribution in [0.5, 0.6) is 0 Å². The van der Waals surface area contributed by atoms with E-state index in [-0.39, 0.29) is 29.7 Å². The van der Waals surface area contributed by atoms with Gasteiger partial charge in [-0.05, 0) is 26.2 Å². The van der Waals surface area contributed by atoms with Crippen LogP contribution in [0, 0.1) is 0 Å². The first-order chi connectivity index (χ1) is 9.88. The molecule has 22 heavy (non-hydrogen) atoms. The van der Waals surface area contributed by atoms with E-state index >= 15 is 0 Å². The number of guanidine groups is 1. The predicted molar refractivity (Wildman–Crippen MR) is 106 cm³/mol. The summed E-state index contributed by atoms with van der Waals surface area (Å²) in [6.45, 7) is 7.49. The van der Waals surface area contributed by atoms with E-state index in [1.54, 1.807) is 21.0 Å². The Morgan fingerprint density at radius 1 is 1.27 bits per heavy atom. The number of unbranched alkanes of at least 4 members (excludes halogenated alkanes) is 1. The number of rotatable bonds is 10. The third-order valence-corrected chi connectivity index (χ3v) is 5.11. The molecule has 0 rings (SSSR count). The molecule has 0 aromatic heterocycles. The normalized spacial score (nSPS) is 12.0. The van der Waals surface area contributed by atoms with Gasteiger partial charge < -0.3 is 10.2 Å². The second-order valence-corrected chi connectivity index (χ2v) is 7.27. The molecule has 0 amide bonds. The fourth-order valence-electron chi connectivity index (χ4n) is 1.82. The van der Waals surface area contributed by atoms with Crippen LogP contribution < -0.4 is 5.32 Å². The highest BCUT2D eigenvalue weighted by atomic mass is 127. The van der Waals surface area contributed by atoms with Crippen molar-refractivity contribution in [2.45, 2.75) is 26.2 Å². The molecule has 0 aromatic carbocycles. The SMILES string of the molecule is C=CCCCN(C)C(=NC)NCCCN(C)S(=O)(=O)CC.I. The van der Waals surface area contributed by atoms with Crippen LogP contribution in [0.3, 0.4) is 0 Å². The van der Waals surface area contributed by atoms with Crippen LogP contribution in [-0.4, -0.2) is 70.1 Å². The van der Waals surface area contributed by atoms with Crippen LogP contribution in [0.4, 0.5) is 0 Å². The van der Waals surface area contributed by atoms with Crippen LogP contribution in [0.15, 0.2) is 17.6 Å². The van der Waals surface area contributed by atoms with Crippen molar-refractivity contribution in [1.82, 2.24) is 14.5 Å². The fraction of sp³-hybridized carbons (Fsp3) is 0.786. The van der Waals surface area contributed by atoms with Crippen molar-refractivity contribution in [3.63, 3.8) is 0 Å². The standard InChI is InChI=1S/C14H30N4O2S.HI/c1-6-8-9-12-17(4)14(15-3)16-11-10-13-18(5)21(19,20)7-2;/h6H,1,7-13H2,2-5H3,(H,15,16);1H. The molecule has 0 spiro atoms. The Labute approximate surface area is 153 Å². The molecule has 0 saturated heterocycles. The lowest BCUT2D eigenvalue weighted by molar-refractivity contribution is 0.448. The van der Waals surface area contributed by atoms with Gasteiger partial charge in [0, 0.05) is 40.8 Å². The molecule has 0 fully saturated rings. The Morgan fingerprint density at radius 3 is 2.41 bits per heavy atom. The summed E-state index contributed by atoms with van der Waals surface area (Å²) in [4.78, 5) is 6.29. The first-order valence-corrected chi connectivity index (χ1v) is 8.96. The molecule has 0 unspecified atom stereocenters. The van der Waals surface area contributed by atoms with E-state index in [4.69, 9.17) is 0 Å². The minimum absolute atomic E-state index is 0. The summed E-state index contributed by atoms with van der Waals surface area (Å²) in [5.41, 5.74) is 0. The highest BCUT2D eigenvalue weighted by Crippen LogP contribution is 1.99. The summed E-state index contributed by atoms with van der Waals surface area (Å²) >= 11 is 0. The Hall–Kier alpha value is -0.350. The number of aliphatic imine (C=N–C) groups is 1. The first-order valence-electron chi connectivity index (χ1n) is 7.35. The van der Waals surface area contributed by atoms with Crippen molar-refractivity contribution in [2.24, 2.45) is 4.99 Å². The van der Waals surface area contributed by atoms with Gasteiger partial charge in [0.25, 0.3) is 0 Å². The molecule has 8 heteroatoms. The molecule has 0 atom stereocenters. The second-order valence-electron chi connectivity index (χ2n) is 4.90. The molecule has 0 radical (unpaired) electrons. The zero-order chi connectivity index (χ0) is 16.3. The van der Waals surface area contributed by atoms with Gasteiger partial charge in [-0.25, -0.2) is 12.7 Å². The lowest BCUT2D eigenvalue weighted by Crippen LogP contribution is -2.40. The lowest BCUT2D eigenvalue weighted by atomic mass is 10.3. The van der Waals surface area contributed by atoms with Crippen LogP contribution in [0.1, 0.15) is 26.2 Å². The van der Waals surface area contributed by atoms with Crippen LogP contribution in [0.25, 0.3) is 0 Å². The minimum Gasteiger partial charge on any atom is -0.356 e. The maximum Gasteiger partial charge on any atom is 0.213 e. The van der Waals surface area contributed by atoms with Gasteiger partial charge in [-0.1, -0.05) is 6.08 Å². The van der Waals surface area contributed by atoms with Gasteiger partial charge in [-0.2, -0.15) is 0 Å². The predicted octanol–water partition coefficient (Wildman–Crippen LogP) is 1.75. The maximum absolute atomic E-state index is 11.6. The van der Waals surface area contributed by atoms with Crippen LogP contribution in [0.2, 0.25) is 0 Å². The molecule has 132 valence electrons. The molecule has 0 saturated carbocycles. The highest BCUT2D eigenvalue weighted by molar-refractivity contribution is 14.0. The van der Waals surface area contributed by atoms with Crippen molar-refractivity contribution in [2.75, 3.05) is 46.5 Å². The second kappa shape index (κ2) is 13.1. The largest absolute Gasteiger partial charge is 0.356 e. The van der Waals surface area contributed by atoms with E-state index in [0.29, 0.717) is 13.1 Å². The number of nitrogens with zero attached hydrogens (tertiary/aromatic N) is 3. The summed E-state index contributed by atoms with van der Waals surface area (Å²) in [6.07, 6.45) is 4.68. The highest BCUT2D eigenvalue weighted by Gasteiger charge is 2.14.